The molecule has 0 aromatic heterocycles. The maximum Gasteiger partial charge on any atom is 0.360 e. The third kappa shape index (κ3) is 8.92. The Morgan fingerprint density at radius 3 is 1.70 bits per heavy atom. The quantitative estimate of drug-likeness (QED) is 0.302. The number of hydrogen-bond acceptors (Lipinski definition) is 6. The molecule has 23 heavy (non-hydrogen) atoms. The smallest absolute Gasteiger partial charge is 0.360 e. The van der Waals surface area contributed by atoms with E-state index in [0.717, 1.165) is 0 Å². The summed E-state index contributed by atoms with van der Waals surface area (Å²) in [5, 5.41) is 0. The van der Waals surface area contributed by atoms with Crippen molar-refractivity contribution in [1.82, 2.24) is 0 Å². The van der Waals surface area contributed by atoms with Crippen molar-refractivity contribution in [3.8, 4) is 0 Å². The fourth-order valence-electron chi connectivity index (χ4n) is 1.47. The summed E-state index contributed by atoms with van der Waals surface area (Å²) in [7, 11) is 4.33. The highest BCUT2D eigenvalue weighted by atomic mass is 28.4. The average molecular weight is 364 g/mol. The highest BCUT2D eigenvalue weighted by molar-refractivity contribution is 6.71. The van der Waals surface area contributed by atoms with Gasteiger partial charge in [0.05, 0.1) is 0 Å². The van der Waals surface area contributed by atoms with Gasteiger partial charge in [0.2, 0.25) is 0 Å². The molecule has 0 amide bonds. The Hall–Kier alpha value is -0.326. The lowest BCUT2D eigenvalue weighted by Gasteiger charge is -2.36. The van der Waals surface area contributed by atoms with Crippen molar-refractivity contribution in [2.24, 2.45) is 0 Å². The largest absolute Gasteiger partial charge is 0.395 e. The SMILES string of the molecule is C=CC(OCC)C(O[Si])(OCC)OCC.C=C[Si](C)(OC)OC. The molecule has 6 nitrogen and oxygen atoms in total. The molecule has 0 saturated carbocycles. The van der Waals surface area contributed by atoms with Crippen LogP contribution < -0.4 is 0 Å². The molecule has 0 rings (SSSR count). The average Bonchev–Trinajstić information content (AvgIpc) is 2.59. The molecule has 0 aliphatic heterocycles. The molecule has 0 fully saturated rings. The molecule has 135 valence electrons. The van der Waals surface area contributed by atoms with E-state index in [1.54, 1.807) is 26.0 Å². The van der Waals surface area contributed by atoms with Crippen LogP contribution in [0.5, 0.6) is 0 Å². The number of ether oxygens (including phenoxy) is 3. The molecule has 3 radical (unpaired) electrons. The zero-order valence-corrected chi connectivity index (χ0v) is 17.2. The van der Waals surface area contributed by atoms with Gasteiger partial charge in [-0.25, -0.2) is 0 Å². The van der Waals surface area contributed by atoms with Gasteiger partial charge in [-0.2, -0.15) is 0 Å². The van der Waals surface area contributed by atoms with Gasteiger partial charge in [0.15, 0.2) is 6.10 Å². The monoisotopic (exact) mass is 363 g/mol. The summed E-state index contributed by atoms with van der Waals surface area (Å²) in [4.78, 5) is 0. The number of rotatable bonds is 12. The van der Waals surface area contributed by atoms with Gasteiger partial charge >= 0.3 is 14.5 Å². The van der Waals surface area contributed by atoms with Crippen LogP contribution in [0.25, 0.3) is 0 Å². The Morgan fingerprint density at radius 2 is 1.52 bits per heavy atom. The van der Waals surface area contributed by atoms with Crippen LogP contribution in [0.15, 0.2) is 24.9 Å². The molecular weight excluding hydrogens is 332 g/mol. The molecule has 0 aromatic rings. The minimum atomic E-state index is -1.91. The standard InChI is InChI=1S/C10H19O4Si.C5H12O2Si/c1-5-9(11-6-2)10(14-15,12-7-3)13-8-4;1-5-8(4,6-2)7-3/h5,9H,1,6-8H2,2-4H3;5H,1H2,2-4H3. The van der Waals surface area contributed by atoms with Gasteiger partial charge in [0.1, 0.15) is 0 Å². The lowest BCUT2D eigenvalue weighted by molar-refractivity contribution is -0.374. The minimum Gasteiger partial charge on any atom is -0.395 e. The van der Waals surface area contributed by atoms with Crippen molar-refractivity contribution in [2.75, 3.05) is 34.0 Å². The van der Waals surface area contributed by atoms with E-state index in [-0.39, 0.29) is 0 Å². The van der Waals surface area contributed by atoms with Gasteiger partial charge in [0.25, 0.3) is 10.5 Å². The first-order valence-corrected chi connectivity index (χ1v) is 10.3. The van der Waals surface area contributed by atoms with Crippen LogP contribution >= 0.6 is 0 Å². The fourth-order valence-corrected chi connectivity index (χ4v) is 2.20. The van der Waals surface area contributed by atoms with E-state index < -0.39 is 20.6 Å². The Bertz CT molecular complexity index is 304. The first-order chi connectivity index (χ1) is 10.9. The third-order valence-corrected chi connectivity index (χ3v) is 5.57. The van der Waals surface area contributed by atoms with Crippen LogP contribution in [-0.2, 0) is 27.5 Å². The predicted octanol–water partition coefficient (Wildman–Crippen LogP) is 2.48. The Kier molecular flexibility index (Phi) is 15.2. The van der Waals surface area contributed by atoms with Crippen LogP contribution in [0.1, 0.15) is 20.8 Å². The molecular formula is C15H31O6Si2. The summed E-state index contributed by atoms with van der Waals surface area (Å²) in [5.74, 6) is -1.27. The van der Waals surface area contributed by atoms with Crippen molar-refractivity contribution in [2.45, 2.75) is 39.4 Å². The van der Waals surface area contributed by atoms with E-state index in [4.69, 9.17) is 27.5 Å². The minimum absolute atomic E-state index is 0.446. The molecule has 0 N–H and O–H groups in total. The van der Waals surface area contributed by atoms with Crippen LogP contribution in [0.3, 0.4) is 0 Å². The summed E-state index contributed by atoms with van der Waals surface area (Å²) in [6.07, 6.45) is 1.11. The van der Waals surface area contributed by atoms with Crippen molar-refractivity contribution < 1.29 is 27.5 Å². The molecule has 1 unspecified atom stereocenters. The third-order valence-electron chi connectivity index (χ3n) is 2.92. The zero-order valence-electron chi connectivity index (χ0n) is 15.2. The van der Waals surface area contributed by atoms with Crippen LogP contribution in [0, 0.1) is 0 Å². The summed E-state index contributed by atoms with van der Waals surface area (Å²) in [6.45, 7) is 16.2. The predicted molar refractivity (Wildman–Crippen MR) is 94.3 cm³/mol. The van der Waals surface area contributed by atoms with Crippen molar-refractivity contribution >= 4 is 19.0 Å². The lowest BCUT2D eigenvalue weighted by Crippen LogP contribution is -2.50. The maximum absolute atomic E-state index is 5.44. The van der Waals surface area contributed by atoms with E-state index in [1.165, 1.54) is 0 Å². The summed E-state index contributed by atoms with van der Waals surface area (Å²) < 4.78 is 31.5. The first kappa shape index (κ1) is 24.9. The van der Waals surface area contributed by atoms with Crippen LogP contribution in [-0.4, -0.2) is 65.2 Å². The molecule has 0 aliphatic rings. The molecule has 0 spiro atoms. The van der Waals surface area contributed by atoms with Gasteiger partial charge in [-0.05, 0) is 33.0 Å². The van der Waals surface area contributed by atoms with Crippen molar-refractivity contribution in [3.05, 3.63) is 24.9 Å². The molecule has 8 heteroatoms. The Labute approximate surface area is 145 Å². The second-order valence-corrected chi connectivity index (χ2v) is 7.77. The highest BCUT2D eigenvalue weighted by Gasteiger charge is 2.40. The van der Waals surface area contributed by atoms with E-state index in [2.05, 4.69) is 23.6 Å². The fraction of sp³-hybridized carbons (Fsp3) is 0.733. The van der Waals surface area contributed by atoms with E-state index >= 15 is 0 Å². The topological polar surface area (TPSA) is 55.4 Å². The van der Waals surface area contributed by atoms with Gasteiger partial charge in [-0.3, -0.25) is 0 Å². The maximum atomic E-state index is 5.44. The van der Waals surface area contributed by atoms with E-state index in [0.29, 0.717) is 19.8 Å². The summed E-state index contributed by atoms with van der Waals surface area (Å²) in [5.41, 5.74) is 1.74. The van der Waals surface area contributed by atoms with Gasteiger partial charge < -0.3 is 27.5 Å². The molecule has 1 atom stereocenters. The van der Waals surface area contributed by atoms with Gasteiger partial charge in [-0.1, -0.05) is 6.08 Å². The van der Waals surface area contributed by atoms with E-state index in [9.17, 15) is 0 Å². The van der Waals surface area contributed by atoms with E-state index in [1.807, 2.05) is 27.3 Å². The molecule has 0 aromatic carbocycles. The van der Waals surface area contributed by atoms with Crippen LogP contribution in [0.2, 0.25) is 6.55 Å². The molecule has 0 heterocycles. The normalized spacial score (nSPS) is 13.0. The van der Waals surface area contributed by atoms with Crippen molar-refractivity contribution in [1.29, 1.82) is 0 Å². The highest BCUT2D eigenvalue weighted by Crippen LogP contribution is 2.22. The van der Waals surface area contributed by atoms with Gasteiger partial charge in [0, 0.05) is 34.0 Å². The second-order valence-electron chi connectivity index (χ2n) is 4.31. The van der Waals surface area contributed by atoms with Crippen LogP contribution in [0.4, 0.5) is 0 Å². The molecule has 0 aliphatic carbocycles. The Morgan fingerprint density at radius 1 is 1.04 bits per heavy atom. The summed E-state index contributed by atoms with van der Waals surface area (Å²) in [6, 6.07) is 0. The summed E-state index contributed by atoms with van der Waals surface area (Å²) >= 11 is 0. The Balaban J connectivity index is 0. The lowest BCUT2D eigenvalue weighted by atomic mass is 10.3. The van der Waals surface area contributed by atoms with Crippen molar-refractivity contribution in [3.63, 3.8) is 0 Å². The zero-order chi connectivity index (χ0) is 18.4. The molecule has 0 saturated heterocycles. The second kappa shape index (κ2) is 14.1. The number of hydrogen-bond donors (Lipinski definition) is 0. The molecule has 0 bridgehead atoms. The van der Waals surface area contributed by atoms with Gasteiger partial charge in [-0.15, -0.1) is 13.2 Å². The first-order valence-electron chi connectivity index (χ1n) is 7.49.